The number of carbonyl (C=O) groups excluding carboxylic acids is 1. The molecule has 0 fully saturated rings. The van der Waals surface area contributed by atoms with E-state index in [0.717, 1.165) is 12.0 Å². The quantitative estimate of drug-likeness (QED) is 0.107. The molecule has 2 heteroatoms. The maximum Gasteiger partial charge on any atom is 0.333 e. The Hall–Kier alpha value is -0.790. The van der Waals surface area contributed by atoms with Gasteiger partial charge in [0.05, 0.1) is 7.11 Å². The maximum absolute atomic E-state index is 11.5. The molecule has 0 bridgehead atoms. The van der Waals surface area contributed by atoms with E-state index < -0.39 is 0 Å². The SMILES string of the molecule is CCCCCCCCCCCCCCCCCCCCCC(C)=C(C)C(=O)OC. The molecule has 0 aromatic rings. The predicted molar refractivity (Wildman–Crippen MR) is 128 cm³/mol. The topological polar surface area (TPSA) is 26.3 Å². The van der Waals surface area contributed by atoms with Crippen LogP contribution in [-0.2, 0) is 9.53 Å². The molecule has 0 saturated heterocycles. The molecule has 0 aliphatic carbocycles. The summed E-state index contributed by atoms with van der Waals surface area (Å²) < 4.78 is 4.78. The van der Waals surface area contributed by atoms with Crippen LogP contribution in [0.15, 0.2) is 11.1 Å². The third-order valence-electron chi connectivity index (χ3n) is 6.29. The zero-order chi connectivity index (χ0) is 21.6. The monoisotopic (exact) mass is 408 g/mol. The molecule has 0 amide bonds. The van der Waals surface area contributed by atoms with Gasteiger partial charge in [-0.1, -0.05) is 128 Å². The minimum Gasteiger partial charge on any atom is -0.466 e. The van der Waals surface area contributed by atoms with Gasteiger partial charge in [-0.3, -0.25) is 0 Å². The molecule has 0 aliphatic rings. The number of rotatable bonds is 21. The summed E-state index contributed by atoms with van der Waals surface area (Å²) in [7, 11) is 1.45. The van der Waals surface area contributed by atoms with Crippen LogP contribution in [-0.4, -0.2) is 13.1 Å². The van der Waals surface area contributed by atoms with Crippen LogP contribution in [0.25, 0.3) is 0 Å². The van der Waals surface area contributed by atoms with Crippen LogP contribution in [0.3, 0.4) is 0 Å². The lowest BCUT2D eigenvalue weighted by Gasteiger charge is -2.06. The first-order valence-corrected chi connectivity index (χ1v) is 12.9. The Morgan fingerprint density at radius 1 is 0.552 bits per heavy atom. The fourth-order valence-corrected chi connectivity index (χ4v) is 3.98. The molecule has 29 heavy (non-hydrogen) atoms. The van der Waals surface area contributed by atoms with Crippen molar-refractivity contribution in [2.75, 3.05) is 7.11 Å². The first-order chi connectivity index (χ1) is 14.1. The van der Waals surface area contributed by atoms with E-state index in [4.69, 9.17) is 4.74 Å². The summed E-state index contributed by atoms with van der Waals surface area (Å²) >= 11 is 0. The van der Waals surface area contributed by atoms with Gasteiger partial charge < -0.3 is 4.74 Å². The normalized spacial score (nSPS) is 12.1. The highest BCUT2D eigenvalue weighted by atomic mass is 16.5. The van der Waals surface area contributed by atoms with Gasteiger partial charge in [-0.15, -0.1) is 0 Å². The number of hydrogen-bond donors (Lipinski definition) is 0. The van der Waals surface area contributed by atoms with Crippen molar-refractivity contribution in [3.63, 3.8) is 0 Å². The molecule has 0 N–H and O–H groups in total. The summed E-state index contributed by atoms with van der Waals surface area (Å²) in [5.74, 6) is -0.180. The van der Waals surface area contributed by atoms with E-state index in [2.05, 4.69) is 13.8 Å². The van der Waals surface area contributed by atoms with Crippen LogP contribution in [0.2, 0.25) is 0 Å². The van der Waals surface area contributed by atoms with Crippen molar-refractivity contribution in [3.05, 3.63) is 11.1 Å². The lowest BCUT2D eigenvalue weighted by atomic mass is 10.0. The Kier molecular flexibility index (Phi) is 21.3. The molecule has 0 heterocycles. The van der Waals surface area contributed by atoms with Gasteiger partial charge in [-0.25, -0.2) is 4.79 Å². The van der Waals surface area contributed by atoms with E-state index in [9.17, 15) is 4.79 Å². The van der Waals surface area contributed by atoms with E-state index in [0.29, 0.717) is 0 Å². The van der Waals surface area contributed by atoms with Crippen LogP contribution in [0.1, 0.15) is 149 Å². The van der Waals surface area contributed by atoms with E-state index in [1.807, 2.05) is 6.92 Å². The van der Waals surface area contributed by atoms with Crippen LogP contribution in [0, 0.1) is 0 Å². The molecule has 0 spiro atoms. The van der Waals surface area contributed by atoms with Gasteiger partial charge in [-0.2, -0.15) is 0 Å². The lowest BCUT2D eigenvalue weighted by Crippen LogP contribution is -2.03. The lowest BCUT2D eigenvalue weighted by molar-refractivity contribution is -0.136. The van der Waals surface area contributed by atoms with Gasteiger partial charge in [0.15, 0.2) is 0 Å². The molecule has 0 radical (unpaired) electrons. The number of carbonyl (C=O) groups is 1. The maximum atomic E-state index is 11.5. The third kappa shape index (κ3) is 18.9. The van der Waals surface area contributed by atoms with Crippen LogP contribution < -0.4 is 0 Å². The van der Waals surface area contributed by atoms with Gasteiger partial charge in [0.25, 0.3) is 0 Å². The van der Waals surface area contributed by atoms with Crippen molar-refractivity contribution in [3.8, 4) is 0 Å². The van der Waals surface area contributed by atoms with Gasteiger partial charge in [0, 0.05) is 5.57 Å². The molecular formula is C27H52O2. The fourth-order valence-electron chi connectivity index (χ4n) is 3.98. The van der Waals surface area contributed by atoms with E-state index >= 15 is 0 Å². The van der Waals surface area contributed by atoms with Gasteiger partial charge in [0.2, 0.25) is 0 Å². The highest BCUT2D eigenvalue weighted by Crippen LogP contribution is 2.17. The van der Waals surface area contributed by atoms with Gasteiger partial charge in [0.1, 0.15) is 0 Å². The van der Waals surface area contributed by atoms with Crippen molar-refractivity contribution in [1.82, 2.24) is 0 Å². The standard InChI is InChI=1S/C27H52O2/c1-5-6-7-8-9-10-11-12-13-14-15-16-17-18-19-20-21-22-23-24-25(2)26(3)27(28)29-4/h5-24H2,1-4H3. The molecule has 0 aliphatic heterocycles. The Balaban J connectivity index is 3.24. The summed E-state index contributed by atoms with van der Waals surface area (Å²) in [5, 5.41) is 0. The summed E-state index contributed by atoms with van der Waals surface area (Å²) in [6.45, 7) is 6.22. The number of allylic oxidation sites excluding steroid dienone is 1. The van der Waals surface area contributed by atoms with Gasteiger partial charge in [-0.05, 0) is 26.7 Å². The van der Waals surface area contributed by atoms with Crippen molar-refractivity contribution in [2.24, 2.45) is 0 Å². The summed E-state index contributed by atoms with van der Waals surface area (Å²) in [6, 6.07) is 0. The van der Waals surface area contributed by atoms with Gasteiger partial charge >= 0.3 is 5.97 Å². The van der Waals surface area contributed by atoms with Crippen LogP contribution in [0.5, 0.6) is 0 Å². The molecule has 0 saturated carbocycles. The van der Waals surface area contributed by atoms with Crippen LogP contribution in [0.4, 0.5) is 0 Å². The second-order valence-electron chi connectivity index (χ2n) is 9.01. The minimum absolute atomic E-state index is 0.180. The summed E-state index contributed by atoms with van der Waals surface area (Å²) in [4.78, 5) is 11.5. The zero-order valence-electron chi connectivity index (χ0n) is 20.5. The Morgan fingerprint density at radius 2 is 0.862 bits per heavy atom. The molecule has 0 aromatic carbocycles. The minimum atomic E-state index is -0.180. The number of hydrogen-bond acceptors (Lipinski definition) is 2. The predicted octanol–water partition coefficient (Wildman–Crippen LogP) is 9.32. The largest absolute Gasteiger partial charge is 0.466 e. The van der Waals surface area contributed by atoms with E-state index in [1.54, 1.807) is 0 Å². The first-order valence-electron chi connectivity index (χ1n) is 12.9. The van der Waals surface area contributed by atoms with E-state index in [-0.39, 0.29) is 5.97 Å². The highest BCUT2D eigenvalue weighted by molar-refractivity contribution is 5.88. The number of unbranched alkanes of at least 4 members (excludes halogenated alkanes) is 18. The molecule has 0 aromatic heterocycles. The van der Waals surface area contributed by atoms with Crippen LogP contribution >= 0.6 is 0 Å². The second kappa shape index (κ2) is 21.9. The summed E-state index contributed by atoms with van der Waals surface area (Å²) in [6.07, 6.45) is 27.8. The highest BCUT2D eigenvalue weighted by Gasteiger charge is 2.06. The molecule has 0 rings (SSSR count). The molecule has 172 valence electrons. The average Bonchev–Trinajstić information content (AvgIpc) is 2.74. The average molecular weight is 409 g/mol. The van der Waals surface area contributed by atoms with Crippen molar-refractivity contribution in [2.45, 2.75) is 149 Å². The van der Waals surface area contributed by atoms with E-state index in [1.165, 1.54) is 135 Å². The zero-order valence-corrected chi connectivity index (χ0v) is 20.5. The molecule has 0 atom stereocenters. The smallest absolute Gasteiger partial charge is 0.333 e. The molecule has 2 nitrogen and oxygen atoms in total. The summed E-state index contributed by atoms with van der Waals surface area (Å²) in [5.41, 5.74) is 1.97. The number of ether oxygens (including phenoxy) is 1. The molecular weight excluding hydrogens is 356 g/mol. The Labute approximate surface area is 183 Å². The molecule has 0 unspecified atom stereocenters. The van der Waals surface area contributed by atoms with Crippen molar-refractivity contribution in [1.29, 1.82) is 0 Å². The number of methoxy groups -OCH3 is 1. The second-order valence-corrected chi connectivity index (χ2v) is 9.01. The van der Waals surface area contributed by atoms with Crippen molar-refractivity contribution < 1.29 is 9.53 Å². The van der Waals surface area contributed by atoms with Crippen molar-refractivity contribution >= 4 is 5.97 Å². The fraction of sp³-hybridized carbons (Fsp3) is 0.889. The Morgan fingerprint density at radius 3 is 1.17 bits per heavy atom. The number of esters is 1. The third-order valence-corrected chi connectivity index (χ3v) is 6.29. The first kappa shape index (κ1) is 28.2. The Bertz CT molecular complexity index is 397.